The fourth-order valence-electron chi connectivity index (χ4n) is 2.84. The molecule has 2 aromatic carbocycles. The Morgan fingerprint density at radius 3 is 2.39 bits per heavy atom. The molecule has 5 nitrogen and oxygen atoms in total. The molecule has 0 aliphatic rings. The molecule has 0 unspecified atom stereocenters. The Balaban J connectivity index is 0.00000392. The van der Waals surface area contributed by atoms with Gasteiger partial charge in [0.25, 0.3) is 5.91 Å². The molecule has 6 heteroatoms. The lowest BCUT2D eigenvalue weighted by Crippen LogP contribution is -2.38. The van der Waals surface area contributed by atoms with Crippen molar-refractivity contribution in [2.45, 2.75) is 26.7 Å². The quantitative estimate of drug-likeness (QED) is 0.300. The molecule has 0 fully saturated rings. The van der Waals surface area contributed by atoms with Crippen molar-refractivity contribution in [1.29, 1.82) is 0 Å². The van der Waals surface area contributed by atoms with Crippen LogP contribution in [0.2, 0.25) is 0 Å². The summed E-state index contributed by atoms with van der Waals surface area (Å²) in [6.45, 7) is 6.49. The minimum atomic E-state index is -0.0634. The van der Waals surface area contributed by atoms with Gasteiger partial charge in [0.05, 0.1) is 0 Å². The number of aryl methyl sites for hydroxylation is 1. The van der Waals surface area contributed by atoms with Crippen molar-refractivity contribution in [2.24, 2.45) is 4.99 Å². The highest BCUT2D eigenvalue weighted by atomic mass is 127. The summed E-state index contributed by atoms with van der Waals surface area (Å²) in [7, 11) is 1.64. The maximum absolute atomic E-state index is 11.7. The summed E-state index contributed by atoms with van der Waals surface area (Å²) < 4.78 is 0. The van der Waals surface area contributed by atoms with Gasteiger partial charge in [0.1, 0.15) is 0 Å². The van der Waals surface area contributed by atoms with Gasteiger partial charge in [-0.1, -0.05) is 42.0 Å². The Hall–Kier alpha value is -2.09. The Bertz CT molecular complexity index is 777. The molecular formula is C22H31IN4O. The molecule has 0 saturated heterocycles. The fraction of sp³-hybridized carbons (Fsp3) is 0.364. The van der Waals surface area contributed by atoms with Crippen LogP contribution in [0.15, 0.2) is 53.5 Å². The molecule has 0 saturated carbocycles. The third-order valence-electron chi connectivity index (χ3n) is 4.22. The van der Waals surface area contributed by atoms with Crippen LogP contribution < -0.4 is 16.0 Å². The first-order valence-corrected chi connectivity index (χ1v) is 9.51. The molecule has 0 aliphatic heterocycles. The molecule has 1 amide bonds. The standard InChI is InChI=1S/C22H30N4O.HI/c1-4-24-22(25-13-11-18-8-5-7-17(2)15-18)26-14-12-19-9-6-10-20(16-19)21(27)23-3;/h5-10,15-16H,4,11-14H2,1-3H3,(H,23,27)(H2,24,25,26);1H. The number of nitrogens with zero attached hydrogens (tertiary/aromatic N) is 1. The number of carbonyl (C=O) groups excluding carboxylic acids is 1. The maximum Gasteiger partial charge on any atom is 0.251 e. The molecule has 3 N–H and O–H groups in total. The SMILES string of the molecule is CCNC(=NCCc1cccc(C(=O)NC)c1)NCCc1cccc(C)c1.I. The molecule has 0 spiro atoms. The van der Waals surface area contributed by atoms with Crippen LogP contribution in [-0.4, -0.2) is 38.5 Å². The molecule has 152 valence electrons. The Morgan fingerprint density at radius 1 is 1.00 bits per heavy atom. The molecule has 0 heterocycles. The van der Waals surface area contributed by atoms with Gasteiger partial charge < -0.3 is 16.0 Å². The average molecular weight is 494 g/mol. The van der Waals surface area contributed by atoms with E-state index in [1.807, 2.05) is 24.3 Å². The van der Waals surface area contributed by atoms with E-state index in [0.29, 0.717) is 12.1 Å². The Morgan fingerprint density at radius 2 is 1.71 bits per heavy atom. The number of hydrogen-bond donors (Lipinski definition) is 3. The van der Waals surface area contributed by atoms with Gasteiger partial charge in [-0.05, 0) is 49.9 Å². The molecule has 0 atom stereocenters. The van der Waals surface area contributed by atoms with E-state index in [-0.39, 0.29) is 29.9 Å². The molecule has 2 aromatic rings. The van der Waals surface area contributed by atoms with Crippen LogP contribution in [0.4, 0.5) is 0 Å². The van der Waals surface area contributed by atoms with Crippen LogP contribution in [0, 0.1) is 6.92 Å². The van der Waals surface area contributed by atoms with Gasteiger partial charge in [0.2, 0.25) is 0 Å². The fourth-order valence-corrected chi connectivity index (χ4v) is 2.84. The van der Waals surface area contributed by atoms with Gasteiger partial charge in [-0.2, -0.15) is 0 Å². The molecule has 0 aliphatic carbocycles. The lowest BCUT2D eigenvalue weighted by Gasteiger charge is -2.11. The van der Waals surface area contributed by atoms with E-state index < -0.39 is 0 Å². The number of hydrogen-bond acceptors (Lipinski definition) is 2. The number of carbonyl (C=O) groups is 1. The van der Waals surface area contributed by atoms with Gasteiger partial charge in [0.15, 0.2) is 5.96 Å². The van der Waals surface area contributed by atoms with Crippen molar-refractivity contribution in [3.63, 3.8) is 0 Å². The van der Waals surface area contributed by atoms with Crippen molar-refractivity contribution in [2.75, 3.05) is 26.7 Å². The summed E-state index contributed by atoms with van der Waals surface area (Å²) in [5, 5.41) is 9.32. The third-order valence-corrected chi connectivity index (χ3v) is 4.22. The predicted octanol–water partition coefficient (Wildman–Crippen LogP) is 3.31. The summed E-state index contributed by atoms with van der Waals surface area (Å²) >= 11 is 0. The summed E-state index contributed by atoms with van der Waals surface area (Å²) in [4.78, 5) is 16.4. The van der Waals surface area contributed by atoms with Crippen molar-refractivity contribution in [1.82, 2.24) is 16.0 Å². The zero-order chi connectivity index (χ0) is 19.5. The van der Waals surface area contributed by atoms with Crippen molar-refractivity contribution in [3.05, 3.63) is 70.8 Å². The topological polar surface area (TPSA) is 65.5 Å². The zero-order valence-electron chi connectivity index (χ0n) is 16.9. The summed E-state index contributed by atoms with van der Waals surface area (Å²) in [5.74, 6) is 0.763. The molecular weight excluding hydrogens is 463 g/mol. The van der Waals surface area contributed by atoms with Gasteiger partial charge in [-0.3, -0.25) is 9.79 Å². The number of guanidine groups is 1. The van der Waals surface area contributed by atoms with Crippen LogP contribution in [0.1, 0.15) is 34.0 Å². The van der Waals surface area contributed by atoms with E-state index in [9.17, 15) is 4.79 Å². The molecule has 2 rings (SSSR count). The maximum atomic E-state index is 11.7. The van der Waals surface area contributed by atoms with Crippen molar-refractivity contribution in [3.8, 4) is 0 Å². The van der Waals surface area contributed by atoms with Crippen LogP contribution >= 0.6 is 24.0 Å². The first-order chi connectivity index (χ1) is 13.1. The largest absolute Gasteiger partial charge is 0.357 e. The minimum Gasteiger partial charge on any atom is -0.357 e. The van der Waals surface area contributed by atoms with Gasteiger partial charge in [-0.15, -0.1) is 24.0 Å². The number of rotatable bonds is 8. The van der Waals surface area contributed by atoms with E-state index in [1.165, 1.54) is 11.1 Å². The highest BCUT2D eigenvalue weighted by molar-refractivity contribution is 14.0. The highest BCUT2D eigenvalue weighted by Gasteiger charge is 2.04. The van der Waals surface area contributed by atoms with Crippen molar-refractivity contribution >= 4 is 35.8 Å². The van der Waals surface area contributed by atoms with Gasteiger partial charge in [0, 0.05) is 32.2 Å². The zero-order valence-corrected chi connectivity index (χ0v) is 19.2. The lowest BCUT2D eigenvalue weighted by molar-refractivity contribution is 0.0963. The molecule has 28 heavy (non-hydrogen) atoms. The third kappa shape index (κ3) is 8.29. The Labute approximate surface area is 185 Å². The van der Waals surface area contributed by atoms with Crippen LogP contribution in [0.25, 0.3) is 0 Å². The first kappa shape index (κ1) is 23.9. The predicted molar refractivity (Wildman–Crippen MR) is 128 cm³/mol. The van der Waals surface area contributed by atoms with E-state index >= 15 is 0 Å². The smallest absolute Gasteiger partial charge is 0.251 e. The van der Waals surface area contributed by atoms with Gasteiger partial charge >= 0.3 is 0 Å². The number of aliphatic imine (C=N–C) groups is 1. The number of amides is 1. The second-order valence-corrected chi connectivity index (χ2v) is 6.46. The average Bonchev–Trinajstić information content (AvgIpc) is 2.67. The van der Waals surface area contributed by atoms with Gasteiger partial charge in [-0.25, -0.2) is 0 Å². The van der Waals surface area contributed by atoms with E-state index in [0.717, 1.165) is 37.5 Å². The highest BCUT2D eigenvalue weighted by Crippen LogP contribution is 2.06. The summed E-state index contributed by atoms with van der Waals surface area (Å²) in [5.41, 5.74) is 4.40. The Kier molecular flexibility index (Phi) is 11.2. The minimum absolute atomic E-state index is 0. The van der Waals surface area contributed by atoms with E-state index in [2.05, 4.69) is 59.1 Å². The number of halogens is 1. The normalized spacial score (nSPS) is 10.8. The summed E-state index contributed by atoms with van der Waals surface area (Å²) in [6, 6.07) is 16.3. The number of nitrogens with one attached hydrogen (secondary N) is 3. The van der Waals surface area contributed by atoms with Crippen molar-refractivity contribution < 1.29 is 4.79 Å². The molecule has 0 aromatic heterocycles. The molecule has 0 bridgehead atoms. The first-order valence-electron chi connectivity index (χ1n) is 9.51. The number of benzene rings is 2. The second kappa shape index (κ2) is 13.1. The lowest BCUT2D eigenvalue weighted by atomic mass is 10.1. The second-order valence-electron chi connectivity index (χ2n) is 6.46. The monoisotopic (exact) mass is 494 g/mol. The van der Waals surface area contributed by atoms with Crippen LogP contribution in [0.5, 0.6) is 0 Å². The van der Waals surface area contributed by atoms with Crippen LogP contribution in [-0.2, 0) is 12.8 Å². The van der Waals surface area contributed by atoms with E-state index in [4.69, 9.17) is 0 Å². The van der Waals surface area contributed by atoms with Crippen LogP contribution in [0.3, 0.4) is 0 Å². The summed E-state index contributed by atoms with van der Waals surface area (Å²) in [6.07, 6.45) is 1.75. The molecule has 0 radical (unpaired) electrons. The van der Waals surface area contributed by atoms with E-state index in [1.54, 1.807) is 7.05 Å².